The Bertz CT molecular complexity index is 959. The molecule has 0 aliphatic rings. The molecule has 3 rings (SSSR count). The van der Waals surface area contributed by atoms with Gasteiger partial charge in [0.2, 0.25) is 0 Å². The molecule has 1 heterocycles. The zero-order valence-electron chi connectivity index (χ0n) is 10.5. The van der Waals surface area contributed by atoms with Crippen LogP contribution in [0.3, 0.4) is 0 Å². The van der Waals surface area contributed by atoms with Crippen molar-refractivity contribution in [2.75, 3.05) is 4.72 Å². The number of H-pyrrole nitrogens is 1. The molecule has 5 nitrogen and oxygen atoms in total. The van der Waals surface area contributed by atoms with Crippen LogP contribution in [0, 0.1) is 5.82 Å². The first-order valence-corrected chi connectivity index (χ1v) is 8.15. The van der Waals surface area contributed by atoms with Gasteiger partial charge in [0.25, 0.3) is 10.0 Å². The number of halogens is 1. The summed E-state index contributed by atoms with van der Waals surface area (Å²) in [5.41, 5.74) is 0.851. The first-order valence-electron chi connectivity index (χ1n) is 5.85. The fraction of sp³-hybridized carbons (Fsp3) is 0. The van der Waals surface area contributed by atoms with E-state index in [0.717, 1.165) is 11.3 Å². The molecule has 8 heteroatoms. The Morgan fingerprint density at radius 3 is 2.52 bits per heavy atom. The molecule has 108 valence electrons. The molecular weight excluding hydrogens is 315 g/mol. The molecule has 0 atom stereocenters. The van der Waals surface area contributed by atoms with E-state index in [-0.39, 0.29) is 15.5 Å². The molecule has 0 aliphatic carbocycles. The van der Waals surface area contributed by atoms with Gasteiger partial charge < -0.3 is 4.98 Å². The van der Waals surface area contributed by atoms with Gasteiger partial charge in [0.05, 0.1) is 15.1 Å². The van der Waals surface area contributed by atoms with Gasteiger partial charge in [-0.05, 0) is 42.5 Å². The molecule has 0 spiro atoms. The quantitative estimate of drug-likeness (QED) is 0.777. The van der Waals surface area contributed by atoms with Crippen molar-refractivity contribution >= 4 is 37.3 Å². The van der Waals surface area contributed by atoms with Crippen LogP contribution in [0.4, 0.5) is 10.1 Å². The number of hydrogen-bond donors (Lipinski definition) is 2. The van der Waals surface area contributed by atoms with E-state index >= 15 is 0 Å². The molecule has 0 saturated carbocycles. The van der Waals surface area contributed by atoms with Gasteiger partial charge in [-0.15, -0.1) is 0 Å². The average Bonchev–Trinajstić information content (AvgIpc) is 2.80. The van der Waals surface area contributed by atoms with Gasteiger partial charge in [-0.3, -0.25) is 9.52 Å². The number of fused-ring (bicyclic) bond motifs is 1. The Kier molecular flexibility index (Phi) is 3.26. The molecule has 0 saturated heterocycles. The van der Waals surface area contributed by atoms with Crippen LogP contribution in [0.1, 0.15) is 0 Å². The Labute approximate surface area is 123 Å². The molecule has 3 aromatic rings. The summed E-state index contributed by atoms with van der Waals surface area (Å²) in [6, 6.07) is 9.35. The number of anilines is 1. The molecule has 0 unspecified atom stereocenters. The summed E-state index contributed by atoms with van der Waals surface area (Å²) in [6.07, 6.45) is 0. The van der Waals surface area contributed by atoms with E-state index in [4.69, 9.17) is 0 Å². The molecule has 0 amide bonds. The van der Waals surface area contributed by atoms with Gasteiger partial charge in [0, 0.05) is 5.69 Å². The zero-order valence-corrected chi connectivity index (χ0v) is 12.1. The largest absolute Gasteiger partial charge is 0.312 e. The van der Waals surface area contributed by atoms with Crippen molar-refractivity contribution in [2.24, 2.45) is 0 Å². The monoisotopic (exact) mass is 324 g/mol. The highest BCUT2D eigenvalue weighted by atomic mass is 32.2. The second-order valence-electron chi connectivity index (χ2n) is 4.28. The Balaban J connectivity index is 1.99. The van der Waals surface area contributed by atoms with Crippen molar-refractivity contribution in [3.63, 3.8) is 0 Å². The Morgan fingerprint density at radius 1 is 1.10 bits per heavy atom. The van der Waals surface area contributed by atoms with Crippen molar-refractivity contribution in [3.05, 3.63) is 57.9 Å². The Morgan fingerprint density at radius 2 is 1.81 bits per heavy atom. The molecule has 0 aliphatic heterocycles. The summed E-state index contributed by atoms with van der Waals surface area (Å²) in [7, 11) is -3.79. The molecular formula is C13H9FN2O3S2. The molecule has 2 aromatic carbocycles. The van der Waals surface area contributed by atoms with Gasteiger partial charge in [0.15, 0.2) is 0 Å². The van der Waals surface area contributed by atoms with Crippen LogP contribution in [0.25, 0.3) is 10.2 Å². The van der Waals surface area contributed by atoms with Crippen molar-refractivity contribution in [3.8, 4) is 0 Å². The van der Waals surface area contributed by atoms with Crippen LogP contribution in [0.15, 0.2) is 52.2 Å². The van der Waals surface area contributed by atoms with Crippen LogP contribution in [0.5, 0.6) is 0 Å². The fourth-order valence-corrected chi connectivity index (χ4v) is 3.76. The van der Waals surface area contributed by atoms with Crippen LogP contribution in [-0.4, -0.2) is 13.4 Å². The van der Waals surface area contributed by atoms with Crippen LogP contribution < -0.4 is 9.60 Å². The van der Waals surface area contributed by atoms with Gasteiger partial charge in [-0.25, -0.2) is 12.8 Å². The average molecular weight is 324 g/mol. The van der Waals surface area contributed by atoms with Crippen molar-refractivity contribution in [2.45, 2.75) is 4.90 Å². The maximum Gasteiger partial charge on any atom is 0.305 e. The number of benzene rings is 2. The SMILES string of the molecule is O=c1[nH]c2ccc(S(=O)(=O)Nc3ccc(F)cc3)cc2s1. The summed E-state index contributed by atoms with van der Waals surface area (Å²) in [5.74, 6) is -0.448. The first-order chi connectivity index (χ1) is 9.94. The number of sulfonamides is 1. The predicted octanol–water partition coefficient (Wildman–Crippen LogP) is 2.53. The van der Waals surface area contributed by atoms with Gasteiger partial charge in [0.1, 0.15) is 5.82 Å². The third-order valence-corrected chi connectivity index (χ3v) is 5.02. The zero-order chi connectivity index (χ0) is 15.0. The van der Waals surface area contributed by atoms with E-state index in [2.05, 4.69) is 9.71 Å². The Hall–Kier alpha value is -2.19. The maximum atomic E-state index is 12.8. The van der Waals surface area contributed by atoms with E-state index in [1.807, 2.05) is 0 Å². The second kappa shape index (κ2) is 4.97. The van der Waals surface area contributed by atoms with E-state index < -0.39 is 15.8 Å². The number of nitrogens with one attached hydrogen (secondary N) is 2. The van der Waals surface area contributed by atoms with E-state index in [1.54, 1.807) is 0 Å². The highest BCUT2D eigenvalue weighted by molar-refractivity contribution is 7.92. The lowest BCUT2D eigenvalue weighted by Crippen LogP contribution is -2.12. The van der Waals surface area contributed by atoms with E-state index in [0.29, 0.717) is 10.2 Å². The minimum absolute atomic E-state index is 0.0366. The summed E-state index contributed by atoms with van der Waals surface area (Å²) >= 11 is 0.938. The van der Waals surface area contributed by atoms with Crippen molar-refractivity contribution in [1.29, 1.82) is 0 Å². The predicted molar refractivity (Wildman–Crippen MR) is 79.7 cm³/mol. The van der Waals surface area contributed by atoms with Crippen LogP contribution in [0.2, 0.25) is 0 Å². The van der Waals surface area contributed by atoms with Gasteiger partial charge >= 0.3 is 4.87 Å². The summed E-state index contributed by atoms with van der Waals surface area (Å²) < 4.78 is 40.2. The molecule has 1 aromatic heterocycles. The highest BCUT2D eigenvalue weighted by Gasteiger charge is 2.15. The lowest BCUT2D eigenvalue weighted by Gasteiger charge is -2.07. The number of aromatic amines is 1. The van der Waals surface area contributed by atoms with E-state index in [9.17, 15) is 17.6 Å². The number of aromatic nitrogens is 1. The van der Waals surface area contributed by atoms with Crippen molar-refractivity contribution in [1.82, 2.24) is 4.98 Å². The molecule has 2 N–H and O–H groups in total. The minimum atomic E-state index is -3.79. The lowest BCUT2D eigenvalue weighted by molar-refractivity contribution is 0.601. The van der Waals surface area contributed by atoms with Gasteiger partial charge in [-0.2, -0.15) is 0 Å². The number of thiazole rings is 1. The van der Waals surface area contributed by atoms with Gasteiger partial charge in [-0.1, -0.05) is 11.3 Å². The fourth-order valence-electron chi connectivity index (χ4n) is 1.82. The topological polar surface area (TPSA) is 79.0 Å². The third-order valence-electron chi connectivity index (χ3n) is 2.80. The second-order valence-corrected chi connectivity index (χ2v) is 6.98. The normalized spacial score (nSPS) is 11.7. The molecule has 21 heavy (non-hydrogen) atoms. The van der Waals surface area contributed by atoms with Crippen LogP contribution >= 0.6 is 11.3 Å². The molecule has 0 fully saturated rings. The minimum Gasteiger partial charge on any atom is -0.312 e. The van der Waals surface area contributed by atoms with E-state index in [1.165, 1.54) is 42.5 Å². The maximum absolute atomic E-state index is 12.8. The standard InChI is InChI=1S/C13H9FN2O3S2/c14-8-1-3-9(4-2-8)16-21(18,19)10-5-6-11-12(7-10)20-13(17)15-11/h1-7,16H,(H,15,17). The smallest absolute Gasteiger partial charge is 0.305 e. The first kappa shape index (κ1) is 13.8. The number of rotatable bonds is 3. The van der Waals surface area contributed by atoms with Crippen LogP contribution in [-0.2, 0) is 10.0 Å². The highest BCUT2D eigenvalue weighted by Crippen LogP contribution is 2.21. The molecule has 0 bridgehead atoms. The third kappa shape index (κ3) is 2.81. The number of hydrogen-bond acceptors (Lipinski definition) is 4. The summed E-state index contributed by atoms with van der Waals surface area (Å²) in [4.78, 5) is 13.6. The summed E-state index contributed by atoms with van der Waals surface area (Å²) in [6.45, 7) is 0. The summed E-state index contributed by atoms with van der Waals surface area (Å²) in [5, 5.41) is 0. The van der Waals surface area contributed by atoms with Crippen molar-refractivity contribution < 1.29 is 12.8 Å². The lowest BCUT2D eigenvalue weighted by atomic mass is 10.3. The molecule has 0 radical (unpaired) electrons.